The van der Waals surface area contributed by atoms with Gasteiger partial charge in [0.05, 0.1) is 22.7 Å². The molecule has 4 nitrogen and oxygen atoms in total. The summed E-state index contributed by atoms with van der Waals surface area (Å²) in [5.74, 6) is 0. The van der Waals surface area contributed by atoms with Crippen LogP contribution in [0.15, 0.2) is 240 Å². The maximum Gasteiger partial charge on any atom is 0.0601 e. The van der Waals surface area contributed by atoms with Crippen LogP contribution in [0.2, 0.25) is 0 Å². The van der Waals surface area contributed by atoms with Gasteiger partial charge in [0.2, 0.25) is 0 Å². The van der Waals surface area contributed by atoms with Crippen LogP contribution in [0.25, 0.3) is 33.4 Å². The molecule has 60 heavy (non-hydrogen) atoms. The number of rotatable bonds is 6. The molecule has 0 amide bonds. The largest absolute Gasteiger partial charge is 0.308 e. The van der Waals surface area contributed by atoms with Crippen molar-refractivity contribution in [1.82, 2.24) is 9.97 Å². The molecule has 0 unspecified atom stereocenters. The van der Waals surface area contributed by atoms with Gasteiger partial charge in [-0.2, -0.15) is 0 Å². The van der Waals surface area contributed by atoms with E-state index in [4.69, 9.17) is 0 Å². The van der Waals surface area contributed by atoms with Crippen LogP contribution in [0.5, 0.6) is 0 Å². The third kappa shape index (κ3) is 8.21. The lowest BCUT2D eigenvalue weighted by atomic mass is 9.91. The zero-order valence-corrected chi connectivity index (χ0v) is 35.3. The van der Waals surface area contributed by atoms with E-state index in [9.17, 15) is 0 Å². The first kappa shape index (κ1) is 39.9. The molecule has 0 radical (unpaired) electrons. The first-order valence-corrected chi connectivity index (χ1v) is 21.5. The number of pyridine rings is 2. The van der Waals surface area contributed by atoms with Crippen molar-refractivity contribution in [3.63, 3.8) is 0 Å². The molecule has 10 rings (SSSR count). The van der Waals surface area contributed by atoms with Gasteiger partial charge < -0.3 is 9.80 Å². The van der Waals surface area contributed by atoms with Crippen molar-refractivity contribution in [3.8, 4) is 33.4 Å². The Bertz CT molecular complexity index is 2520. The second kappa shape index (κ2) is 18.8. The average molecular weight is 813 g/mol. The maximum atomic E-state index is 4.59. The van der Waals surface area contributed by atoms with Gasteiger partial charge in [-0.3, -0.25) is 9.97 Å². The van der Waals surface area contributed by atoms with Crippen LogP contribution in [0.4, 0.5) is 34.1 Å². The summed E-state index contributed by atoms with van der Waals surface area (Å²) in [6.07, 6.45) is 15.0. The van der Waals surface area contributed by atoms with Crippen molar-refractivity contribution in [3.05, 3.63) is 220 Å². The Morgan fingerprint density at radius 1 is 0.433 bits per heavy atom. The Hall–Kier alpha value is -6.86. The highest BCUT2D eigenvalue weighted by Gasteiger charge is 2.26. The predicted molar refractivity (Wildman–Crippen MR) is 257 cm³/mol. The zero-order chi connectivity index (χ0) is 41.3. The molecule has 0 bridgehead atoms. The summed E-state index contributed by atoms with van der Waals surface area (Å²) in [5, 5.41) is 0. The number of para-hydroxylation sites is 4. The predicted octanol–water partition coefficient (Wildman–Crippen LogP) is 16.3. The normalized spacial score (nSPS) is 12.0. The Kier molecular flexibility index (Phi) is 12.5. The molecule has 0 spiro atoms. The van der Waals surface area contributed by atoms with Gasteiger partial charge in [-0.05, 0) is 121 Å². The molecule has 6 heteroatoms. The van der Waals surface area contributed by atoms with Crippen molar-refractivity contribution in [2.75, 3.05) is 9.80 Å². The summed E-state index contributed by atoms with van der Waals surface area (Å²) in [6.45, 7) is 10.7. The number of allylic oxidation sites excluding steroid dienone is 4. The van der Waals surface area contributed by atoms with Crippen molar-refractivity contribution < 1.29 is 0 Å². The molecule has 2 aliphatic rings. The Balaban J connectivity index is 0.000000576. The molecule has 4 heterocycles. The molecule has 0 saturated carbocycles. The Morgan fingerprint density at radius 2 is 0.767 bits per heavy atom. The topological polar surface area (TPSA) is 32.3 Å². The summed E-state index contributed by atoms with van der Waals surface area (Å²) in [4.78, 5) is 18.9. The van der Waals surface area contributed by atoms with Crippen LogP contribution in [-0.4, -0.2) is 9.97 Å². The van der Waals surface area contributed by atoms with E-state index in [-0.39, 0.29) is 0 Å². The minimum absolute atomic E-state index is 1.08. The number of nitrogens with zero attached hydrogens (tertiary/aromatic N) is 4. The van der Waals surface area contributed by atoms with Crippen LogP contribution in [-0.2, 0) is 0 Å². The minimum Gasteiger partial charge on any atom is -0.308 e. The summed E-state index contributed by atoms with van der Waals surface area (Å²) in [6, 6.07) is 56.4. The Labute approximate surface area is 362 Å². The minimum atomic E-state index is 1.08. The van der Waals surface area contributed by atoms with Gasteiger partial charge in [-0.15, -0.1) is 6.58 Å². The maximum absolute atomic E-state index is 4.59. The molecular weight excluding hydrogens is 769 g/mol. The third-order valence-corrected chi connectivity index (χ3v) is 12.3. The van der Waals surface area contributed by atoms with Gasteiger partial charge >= 0.3 is 0 Å². The van der Waals surface area contributed by atoms with Gasteiger partial charge in [0, 0.05) is 66.9 Å². The van der Waals surface area contributed by atoms with Crippen molar-refractivity contribution in [2.24, 2.45) is 0 Å². The molecule has 0 fully saturated rings. The lowest BCUT2D eigenvalue weighted by Gasteiger charge is -2.33. The molecule has 0 saturated heterocycles. The molecule has 292 valence electrons. The standard InChI is InChI=1S/C46H30N4S2.C5H8.C3H6/c1-5-13-43-39(9-1)49(40-10-2-6-14-44(40)51-43)33-21-17-31(18-22-33)37-29-47-27-25-35(37)36-26-28-48-30-38(36)32-19-23-34(24-20-32)50-41-11-3-7-15-45(41)52-46-16-8-4-12-42(46)50;1-3-5-4-2;1-3-2/h1-30H;3-5H,1H2,2H3;3H,1H2,2H3/b;5-4-;. The average Bonchev–Trinajstić information content (AvgIpc) is 3.31. The number of fused-ring (bicyclic) bond motifs is 4. The second-order valence-corrected chi connectivity index (χ2v) is 16.0. The molecule has 2 aliphatic heterocycles. The summed E-state index contributed by atoms with van der Waals surface area (Å²) in [5.41, 5.74) is 13.6. The van der Waals surface area contributed by atoms with Crippen LogP contribution in [0.3, 0.4) is 0 Å². The molecule has 8 aromatic rings. The smallest absolute Gasteiger partial charge is 0.0601 e. The first-order valence-electron chi connectivity index (χ1n) is 19.9. The van der Waals surface area contributed by atoms with E-state index >= 15 is 0 Å². The highest BCUT2D eigenvalue weighted by atomic mass is 32.2. The lowest BCUT2D eigenvalue weighted by Crippen LogP contribution is -2.14. The van der Waals surface area contributed by atoms with E-state index in [1.54, 1.807) is 12.2 Å². The van der Waals surface area contributed by atoms with Crippen LogP contribution < -0.4 is 9.80 Å². The van der Waals surface area contributed by atoms with Crippen LogP contribution in [0, 0.1) is 0 Å². The van der Waals surface area contributed by atoms with E-state index in [1.165, 1.54) is 42.3 Å². The zero-order valence-electron chi connectivity index (χ0n) is 33.6. The summed E-state index contributed by atoms with van der Waals surface area (Å²) < 4.78 is 0. The molecule has 2 aromatic heterocycles. The summed E-state index contributed by atoms with van der Waals surface area (Å²) in [7, 11) is 0. The number of aromatic nitrogens is 2. The van der Waals surface area contributed by atoms with Gasteiger partial charge in [-0.1, -0.05) is 127 Å². The van der Waals surface area contributed by atoms with Crippen LogP contribution >= 0.6 is 23.5 Å². The highest BCUT2D eigenvalue weighted by molar-refractivity contribution is 8.00. The number of benzene rings is 6. The van der Waals surface area contributed by atoms with E-state index < -0.39 is 0 Å². The SMILES string of the molecule is C=C/C=C\C.C=CC.c1ccc2c(c1)Sc1ccccc1N2c1ccc(-c2cnccc2-c2ccncc2-c2ccc(N3c4ccccc4Sc4ccccc43)cc2)cc1. The fourth-order valence-corrected chi connectivity index (χ4v) is 9.52. The monoisotopic (exact) mass is 812 g/mol. The third-order valence-electron chi connectivity index (χ3n) is 10.00. The van der Waals surface area contributed by atoms with Gasteiger partial charge in [0.15, 0.2) is 0 Å². The highest BCUT2D eigenvalue weighted by Crippen LogP contribution is 2.53. The fourth-order valence-electron chi connectivity index (χ4n) is 7.40. The number of hydrogen-bond donors (Lipinski definition) is 0. The van der Waals surface area contributed by atoms with Crippen molar-refractivity contribution >= 4 is 57.6 Å². The molecular formula is C54H44N4S2. The molecule has 0 aliphatic carbocycles. The van der Waals surface area contributed by atoms with E-state index in [1.807, 2.05) is 74.3 Å². The lowest BCUT2D eigenvalue weighted by molar-refractivity contribution is 1.17. The quantitative estimate of drug-likeness (QED) is 0.123. The van der Waals surface area contributed by atoms with Crippen LogP contribution in [0.1, 0.15) is 13.8 Å². The van der Waals surface area contributed by atoms with Crippen molar-refractivity contribution in [1.29, 1.82) is 0 Å². The first-order chi connectivity index (χ1) is 29.6. The molecule has 6 aromatic carbocycles. The van der Waals surface area contributed by atoms with Gasteiger partial charge in [-0.25, -0.2) is 0 Å². The van der Waals surface area contributed by atoms with E-state index in [0.29, 0.717) is 0 Å². The fraction of sp³-hybridized carbons (Fsp3) is 0.0370. The van der Waals surface area contributed by atoms with E-state index in [2.05, 4.69) is 191 Å². The second-order valence-electron chi connectivity index (χ2n) is 13.9. The Morgan fingerprint density at radius 3 is 1.07 bits per heavy atom. The summed E-state index contributed by atoms with van der Waals surface area (Å²) >= 11 is 3.65. The van der Waals surface area contributed by atoms with Gasteiger partial charge in [0.1, 0.15) is 0 Å². The molecule has 0 N–H and O–H groups in total. The number of hydrogen-bond acceptors (Lipinski definition) is 6. The van der Waals surface area contributed by atoms with E-state index in [0.717, 1.165) is 44.8 Å². The molecule has 0 atom stereocenters. The van der Waals surface area contributed by atoms with Crippen molar-refractivity contribution in [2.45, 2.75) is 33.4 Å². The number of anilines is 6. The van der Waals surface area contributed by atoms with Gasteiger partial charge in [0.25, 0.3) is 0 Å².